The highest BCUT2D eigenvalue weighted by molar-refractivity contribution is 5.71. The molecule has 0 fully saturated rings. The summed E-state index contributed by atoms with van der Waals surface area (Å²) in [7, 11) is 2.88. The fraction of sp³-hybridized carbons (Fsp3) is 0.182. The molecule has 0 atom stereocenters. The summed E-state index contributed by atoms with van der Waals surface area (Å²) in [4.78, 5) is 0. The average molecular weight is 238 g/mol. The predicted octanol–water partition coefficient (Wildman–Crippen LogP) is 2.08. The summed E-state index contributed by atoms with van der Waals surface area (Å²) in [6.45, 7) is 0. The lowest BCUT2D eigenvalue weighted by Gasteiger charge is -2.11. The SMILES string of the molecule is COc1ccc(F)c(-c2cc(N)no2)c1OC. The first kappa shape index (κ1) is 11.3. The normalized spacial score (nSPS) is 10.3. The third-order valence-electron chi connectivity index (χ3n) is 2.27. The van der Waals surface area contributed by atoms with Crippen molar-refractivity contribution in [2.45, 2.75) is 0 Å². The van der Waals surface area contributed by atoms with Crippen molar-refractivity contribution in [2.75, 3.05) is 20.0 Å². The van der Waals surface area contributed by atoms with E-state index in [1.807, 2.05) is 0 Å². The van der Waals surface area contributed by atoms with E-state index in [1.165, 1.54) is 32.4 Å². The van der Waals surface area contributed by atoms with Gasteiger partial charge < -0.3 is 19.7 Å². The highest BCUT2D eigenvalue weighted by atomic mass is 19.1. The number of halogens is 1. The number of nitrogens with zero attached hydrogens (tertiary/aromatic N) is 1. The zero-order chi connectivity index (χ0) is 12.4. The van der Waals surface area contributed by atoms with Gasteiger partial charge in [0.05, 0.1) is 14.2 Å². The van der Waals surface area contributed by atoms with E-state index in [9.17, 15) is 4.39 Å². The molecule has 2 rings (SSSR count). The number of hydrogen-bond donors (Lipinski definition) is 1. The Kier molecular flexibility index (Phi) is 2.86. The molecule has 0 unspecified atom stereocenters. The van der Waals surface area contributed by atoms with Crippen LogP contribution in [0.1, 0.15) is 0 Å². The Morgan fingerprint density at radius 3 is 2.59 bits per heavy atom. The van der Waals surface area contributed by atoms with Crippen LogP contribution in [0.4, 0.5) is 10.2 Å². The molecular formula is C11H11FN2O3. The number of benzene rings is 1. The van der Waals surface area contributed by atoms with Crippen molar-refractivity contribution >= 4 is 5.82 Å². The zero-order valence-electron chi connectivity index (χ0n) is 9.36. The van der Waals surface area contributed by atoms with Crippen molar-refractivity contribution in [2.24, 2.45) is 0 Å². The Morgan fingerprint density at radius 2 is 2.06 bits per heavy atom. The Morgan fingerprint density at radius 1 is 1.29 bits per heavy atom. The molecule has 90 valence electrons. The van der Waals surface area contributed by atoms with E-state index in [1.54, 1.807) is 0 Å². The fourth-order valence-electron chi connectivity index (χ4n) is 1.54. The molecule has 0 aliphatic rings. The van der Waals surface area contributed by atoms with E-state index in [0.717, 1.165) is 0 Å². The third kappa shape index (κ3) is 1.89. The lowest BCUT2D eigenvalue weighted by molar-refractivity contribution is 0.351. The highest BCUT2D eigenvalue weighted by Crippen LogP contribution is 2.40. The average Bonchev–Trinajstić information content (AvgIpc) is 2.74. The van der Waals surface area contributed by atoms with Gasteiger partial charge in [-0.3, -0.25) is 0 Å². The summed E-state index contributed by atoms with van der Waals surface area (Å²) < 4.78 is 28.9. The molecule has 0 saturated heterocycles. The molecule has 0 saturated carbocycles. The Balaban J connectivity index is 2.66. The first-order chi connectivity index (χ1) is 8.17. The largest absolute Gasteiger partial charge is 0.493 e. The van der Waals surface area contributed by atoms with Crippen LogP contribution in [0.25, 0.3) is 11.3 Å². The Bertz CT molecular complexity index is 540. The van der Waals surface area contributed by atoms with E-state index in [2.05, 4.69) is 5.16 Å². The van der Waals surface area contributed by atoms with Crippen LogP contribution >= 0.6 is 0 Å². The standard InChI is InChI=1S/C11H11FN2O3/c1-15-7-4-3-6(12)10(11(7)16-2)8-5-9(13)14-17-8/h3-5H,1-2H3,(H2,13,14). The monoisotopic (exact) mass is 238 g/mol. The lowest BCUT2D eigenvalue weighted by Crippen LogP contribution is -1.95. The lowest BCUT2D eigenvalue weighted by atomic mass is 10.1. The number of hydrogen-bond acceptors (Lipinski definition) is 5. The van der Waals surface area contributed by atoms with Crippen LogP contribution < -0.4 is 15.2 Å². The van der Waals surface area contributed by atoms with Crippen LogP contribution in [-0.4, -0.2) is 19.4 Å². The van der Waals surface area contributed by atoms with Gasteiger partial charge in [-0.05, 0) is 12.1 Å². The molecule has 2 N–H and O–H groups in total. The summed E-state index contributed by atoms with van der Waals surface area (Å²) in [6, 6.07) is 4.15. The first-order valence-corrected chi connectivity index (χ1v) is 4.80. The summed E-state index contributed by atoms with van der Waals surface area (Å²) in [5, 5.41) is 3.50. The molecule has 0 aliphatic carbocycles. The van der Waals surface area contributed by atoms with Gasteiger partial charge in [-0.15, -0.1) is 0 Å². The molecule has 0 radical (unpaired) electrons. The number of nitrogen functional groups attached to an aromatic ring is 1. The first-order valence-electron chi connectivity index (χ1n) is 4.80. The second-order valence-electron chi connectivity index (χ2n) is 3.27. The number of methoxy groups -OCH3 is 2. The topological polar surface area (TPSA) is 70.5 Å². The molecular weight excluding hydrogens is 227 g/mol. The van der Waals surface area contributed by atoms with Crippen LogP contribution in [0.5, 0.6) is 11.5 Å². The van der Waals surface area contributed by atoms with Crippen LogP contribution in [0, 0.1) is 5.82 Å². The molecule has 0 amide bonds. The summed E-state index contributed by atoms with van der Waals surface area (Å²) >= 11 is 0. The Labute approximate surface area is 96.9 Å². The highest BCUT2D eigenvalue weighted by Gasteiger charge is 2.20. The van der Waals surface area contributed by atoms with E-state index >= 15 is 0 Å². The van der Waals surface area contributed by atoms with Crippen molar-refractivity contribution in [1.29, 1.82) is 0 Å². The van der Waals surface area contributed by atoms with Gasteiger partial charge in [0, 0.05) is 6.07 Å². The van der Waals surface area contributed by atoms with Gasteiger partial charge in [0.2, 0.25) is 0 Å². The second-order valence-corrected chi connectivity index (χ2v) is 3.27. The quantitative estimate of drug-likeness (QED) is 0.886. The molecule has 0 aliphatic heterocycles. The minimum absolute atomic E-state index is 0.135. The van der Waals surface area contributed by atoms with Gasteiger partial charge in [0.1, 0.15) is 11.4 Å². The fourth-order valence-corrected chi connectivity index (χ4v) is 1.54. The zero-order valence-corrected chi connectivity index (χ0v) is 9.36. The summed E-state index contributed by atoms with van der Waals surface area (Å²) in [5.41, 5.74) is 5.56. The minimum Gasteiger partial charge on any atom is -0.493 e. The molecule has 0 spiro atoms. The maximum absolute atomic E-state index is 13.8. The second kappa shape index (κ2) is 4.32. The van der Waals surface area contributed by atoms with E-state index in [4.69, 9.17) is 19.7 Å². The summed E-state index contributed by atoms with van der Waals surface area (Å²) in [5.74, 6) is 0.501. The maximum atomic E-state index is 13.8. The molecule has 6 heteroatoms. The number of anilines is 1. The smallest absolute Gasteiger partial charge is 0.175 e. The number of ether oxygens (including phenoxy) is 2. The third-order valence-corrected chi connectivity index (χ3v) is 2.27. The number of aromatic nitrogens is 1. The maximum Gasteiger partial charge on any atom is 0.175 e. The van der Waals surface area contributed by atoms with Crippen LogP contribution in [0.15, 0.2) is 22.7 Å². The van der Waals surface area contributed by atoms with Crippen molar-refractivity contribution in [3.63, 3.8) is 0 Å². The van der Waals surface area contributed by atoms with Gasteiger partial charge in [-0.1, -0.05) is 5.16 Å². The molecule has 0 bridgehead atoms. The van der Waals surface area contributed by atoms with Crippen LogP contribution in [0.3, 0.4) is 0 Å². The summed E-state index contributed by atoms with van der Waals surface area (Å²) in [6.07, 6.45) is 0. The van der Waals surface area contributed by atoms with Crippen LogP contribution in [0.2, 0.25) is 0 Å². The van der Waals surface area contributed by atoms with Gasteiger partial charge in [-0.2, -0.15) is 0 Å². The number of nitrogens with two attached hydrogens (primary N) is 1. The van der Waals surface area contributed by atoms with Gasteiger partial charge in [0.15, 0.2) is 23.1 Å². The molecule has 2 aromatic rings. The van der Waals surface area contributed by atoms with Crippen molar-refractivity contribution in [3.8, 4) is 22.8 Å². The van der Waals surface area contributed by atoms with Crippen molar-refractivity contribution in [3.05, 3.63) is 24.0 Å². The van der Waals surface area contributed by atoms with E-state index in [-0.39, 0.29) is 22.9 Å². The molecule has 1 aromatic carbocycles. The van der Waals surface area contributed by atoms with E-state index in [0.29, 0.717) is 5.75 Å². The van der Waals surface area contributed by atoms with Crippen molar-refractivity contribution in [1.82, 2.24) is 5.16 Å². The molecule has 1 heterocycles. The van der Waals surface area contributed by atoms with Crippen molar-refractivity contribution < 1.29 is 18.4 Å². The van der Waals surface area contributed by atoms with Gasteiger partial charge in [0.25, 0.3) is 0 Å². The molecule has 17 heavy (non-hydrogen) atoms. The Hall–Kier alpha value is -2.24. The molecule has 5 nitrogen and oxygen atoms in total. The van der Waals surface area contributed by atoms with Gasteiger partial charge >= 0.3 is 0 Å². The van der Waals surface area contributed by atoms with E-state index < -0.39 is 5.82 Å². The van der Waals surface area contributed by atoms with Gasteiger partial charge in [-0.25, -0.2) is 4.39 Å². The number of rotatable bonds is 3. The minimum atomic E-state index is -0.501. The predicted molar refractivity (Wildman–Crippen MR) is 59.4 cm³/mol. The molecule has 1 aromatic heterocycles. The van der Waals surface area contributed by atoms with Crippen LogP contribution in [-0.2, 0) is 0 Å².